The number of non-ortho nitro benzene ring substituents is 1. The van der Waals surface area contributed by atoms with Crippen LogP contribution in [0.25, 0.3) is 10.1 Å². The summed E-state index contributed by atoms with van der Waals surface area (Å²) in [6.07, 6.45) is -0.439. The first-order valence-electron chi connectivity index (χ1n) is 9.46. The maximum atomic E-state index is 13.2. The Morgan fingerprint density at radius 3 is 2.68 bits per heavy atom. The van der Waals surface area contributed by atoms with E-state index in [1.165, 1.54) is 18.2 Å². The molecule has 0 saturated heterocycles. The number of hydrogen-bond acceptors (Lipinski definition) is 8. The molecule has 0 spiro atoms. The SMILES string of the molecule is CC(C)OC(=O)C1=C(N)Oc2c(c(=O)sc3ccccc23)C1c1cccc([N+](=O)[O-])c1. The zero-order chi connectivity index (χ0) is 22.3. The number of carbonyl (C=O) groups excluding carboxylic acids is 1. The number of hydrogen-bond donors (Lipinski definition) is 1. The van der Waals surface area contributed by atoms with Gasteiger partial charge in [-0.1, -0.05) is 35.6 Å². The quantitative estimate of drug-likeness (QED) is 0.373. The molecule has 8 nitrogen and oxygen atoms in total. The number of nitro benzene ring substituents is 1. The van der Waals surface area contributed by atoms with E-state index in [1.807, 2.05) is 0 Å². The third-order valence-corrected chi connectivity index (χ3v) is 5.81. The highest BCUT2D eigenvalue weighted by molar-refractivity contribution is 7.16. The van der Waals surface area contributed by atoms with Crippen LogP contribution in [0.3, 0.4) is 0 Å². The van der Waals surface area contributed by atoms with Gasteiger partial charge in [-0.25, -0.2) is 4.79 Å². The van der Waals surface area contributed by atoms with Gasteiger partial charge in [0, 0.05) is 22.2 Å². The van der Waals surface area contributed by atoms with E-state index in [2.05, 4.69) is 0 Å². The van der Waals surface area contributed by atoms with Crippen molar-refractivity contribution in [2.24, 2.45) is 5.73 Å². The molecule has 3 aromatic rings. The first kappa shape index (κ1) is 20.5. The molecule has 1 aromatic heterocycles. The highest BCUT2D eigenvalue weighted by Crippen LogP contribution is 2.45. The lowest BCUT2D eigenvalue weighted by Crippen LogP contribution is -2.31. The van der Waals surface area contributed by atoms with Crippen LogP contribution < -0.4 is 15.2 Å². The zero-order valence-corrected chi connectivity index (χ0v) is 17.5. The number of carbonyl (C=O) groups is 1. The van der Waals surface area contributed by atoms with E-state index in [1.54, 1.807) is 44.2 Å². The standard InChI is InChI=1S/C22H18N2O6S/c1-11(2)29-21(25)18-16(12-6-5-7-13(10-12)24(27)28)17-19(30-20(18)23)14-8-3-4-9-15(14)31-22(17)26/h3-11,16H,23H2,1-2H3. The fourth-order valence-electron chi connectivity index (χ4n) is 3.59. The second-order valence-electron chi connectivity index (χ2n) is 7.25. The average molecular weight is 438 g/mol. The lowest BCUT2D eigenvalue weighted by atomic mass is 9.83. The van der Waals surface area contributed by atoms with Crippen LogP contribution in [0.5, 0.6) is 5.75 Å². The molecule has 0 aliphatic carbocycles. The molecule has 4 rings (SSSR count). The number of ether oxygens (including phenoxy) is 2. The minimum Gasteiger partial charge on any atom is -0.459 e. The van der Waals surface area contributed by atoms with Gasteiger partial charge in [-0.2, -0.15) is 0 Å². The van der Waals surface area contributed by atoms with Gasteiger partial charge in [0.2, 0.25) is 10.6 Å². The van der Waals surface area contributed by atoms with E-state index >= 15 is 0 Å². The van der Waals surface area contributed by atoms with Gasteiger partial charge in [-0.3, -0.25) is 14.9 Å². The molecule has 0 saturated carbocycles. The smallest absolute Gasteiger partial charge is 0.340 e. The van der Waals surface area contributed by atoms with Crippen molar-refractivity contribution in [1.29, 1.82) is 0 Å². The predicted molar refractivity (Wildman–Crippen MR) is 116 cm³/mol. The third kappa shape index (κ3) is 3.64. The Hall–Kier alpha value is -3.72. The van der Waals surface area contributed by atoms with Gasteiger partial charge in [0.15, 0.2) is 0 Å². The normalized spacial score (nSPS) is 15.5. The van der Waals surface area contributed by atoms with Crippen molar-refractivity contribution in [3.05, 3.63) is 90.8 Å². The molecule has 0 amide bonds. The number of esters is 1. The average Bonchev–Trinajstić information content (AvgIpc) is 2.72. The highest BCUT2D eigenvalue weighted by atomic mass is 32.1. The molecule has 2 aromatic carbocycles. The summed E-state index contributed by atoms with van der Waals surface area (Å²) in [4.78, 5) is 36.9. The van der Waals surface area contributed by atoms with E-state index in [4.69, 9.17) is 15.2 Å². The van der Waals surface area contributed by atoms with Crippen LogP contribution >= 0.6 is 11.3 Å². The second kappa shape index (κ2) is 7.84. The second-order valence-corrected chi connectivity index (χ2v) is 8.26. The van der Waals surface area contributed by atoms with Gasteiger partial charge in [0.25, 0.3) is 5.69 Å². The van der Waals surface area contributed by atoms with E-state index in [0.29, 0.717) is 15.6 Å². The molecule has 0 fully saturated rings. The minimum atomic E-state index is -0.969. The summed E-state index contributed by atoms with van der Waals surface area (Å²) in [5, 5.41) is 12.0. The summed E-state index contributed by atoms with van der Waals surface area (Å²) in [6.45, 7) is 3.37. The molecule has 1 aliphatic rings. The number of rotatable bonds is 4. The summed E-state index contributed by atoms with van der Waals surface area (Å²) in [5.41, 5.74) is 6.51. The van der Waals surface area contributed by atoms with Crippen molar-refractivity contribution in [3.63, 3.8) is 0 Å². The van der Waals surface area contributed by atoms with Gasteiger partial charge in [-0.15, -0.1) is 0 Å². The number of nitro groups is 1. The van der Waals surface area contributed by atoms with Gasteiger partial charge in [0.1, 0.15) is 11.3 Å². The number of nitrogens with two attached hydrogens (primary N) is 1. The molecule has 1 atom stereocenters. The van der Waals surface area contributed by atoms with Gasteiger partial charge >= 0.3 is 5.97 Å². The number of fused-ring (bicyclic) bond motifs is 3. The Kier molecular flexibility index (Phi) is 5.20. The summed E-state index contributed by atoms with van der Waals surface area (Å²) in [5.74, 6) is -1.67. The first-order chi connectivity index (χ1) is 14.8. The molecule has 31 heavy (non-hydrogen) atoms. The van der Waals surface area contributed by atoms with Crippen molar-refractivity contribution in [2.75, 3.05) is 0 Å². The number of nitrogens with zero attached hydrogens (tertiary/aromatic N) is 1. The molecule has 158 valence electrons. The van der Waals surface area contributed by atoms with Crippen LogP contribution in [0.15, 0.2) is 64.8 Å². The topological polar surface area (TPSA) is 122 Å². The molecule has 1 aliphatic heterocycles. The molecular formula is C22H18N2O6S. The van der Waals surface area contributed by atoms with Crippen LogP contribution in [0.1, 0.15) is 30.9 Å². The summed E-state index contributed by atoms with van der Waals surface area (Å²) < 4.78 is 11.5. The fourth-order valence-corrected chi connectivity index (χ4v) is 4.53. The molecule has 0 bridgehead atoms. The first-order valence-corrected chi connectivity index (χ1v) is 10.3. The van der Waals surface area contributed by atoms with Crippen LogP contribution in [-0.2, 0) is 9.53 Å². The Balaban J connectivity index is 2.03. The van der Waals surface area contributed by atoms with Crippen molar-refractivity contribution in [3.8, 4) is 5.75 Å². The Bertz CT molecular complexity index is 1310. The Morgan fingerprint density at radius 2 is 1.97 bits per heavy atom. The fraction of sp³-hybridized carbons (Fsp3) is 0.182. The Morgan fingerprint density at radius 1 is 1.23 bits per heavy atom. The van der Waals surface area contributed by atoms with Crippen molar-refractivity contribution >= 4 is 33.1 Å². The van der Waals surface area contributed by atoms with E-state index in [9.17, 15) is 19.7 Å². The van der Waals surface area contributed by atoms with Crippen LogP contribution in [-0.4, -0.2) is 17.0 Å². The van der Waals surface area contributed by atoms with E-state index < -0.39 is 22.9 Å². The summed E-state index contributed by atoms with van der Waals surface area (Å²) in [7, 11) is 0. The van der Waals surface area contributed by atoms with Gasteiger partial charge in [-0.05, 0) is 31.5 Å². The van der Waals surface area contributed by atoms with Crippen molar-refractivity contribution < 1.29 is 19.2 Å². The van der Waals surface area contributed by atoms with Crippen molar-refractivity contribution in [2.45, 2.75) is 25.9 Å². The third-order valence-electron chi connectivity index (χ3n) is 4.83. The summed E-state index contributed by atoms with van der Waals surface area (Å²) in [6, 6.07) is 13.0. The summed E-state index contributed by atoms with van der Waals surface area (Å²) >= 11 is 1.01. The van der Waals surface area contributed by atoms with Crippen molar-refractivity contribution in [1.82, 2.24) is 0 Å². The molecule has 1 unspecified atom stereocenters. The molecule has 9 heteroatoms. The lowest BCUT2D eigenvalue weighted by molar-refractivity contribution is -0.384. The van der Waals surface area contributed by atoms with Gasteiger partial charge in [0.05, 0.1) is 22.5 Å². The van der Waals surface area contributed by atoms with E-state index in [-0.39, 0.29) is 33.2 Å². The molecule has 2 N–H and O–H groups in total. The minimum absolute atomic E-state index is 0.0544. The maximum Gasteiger partial charge on any atom is 0.340 e. The van der Waals surface area contributed by atoms with Gasteiger partial charge < -0.3 is 15.2 Å². The van der Waals surface area contributed by atoms with Crippen LogP contribution in [0, 0.1) is 10.1 Å². The largest absolute Gasteiger partial charge is 0.459 e. The molecular weight excluding hydrogens is 420 g/mol. The maximum absolute atomic E-state index is 13.2. The zero-order valence-electron chi connectivity index (χ0n) is 16.7. The Labute approximate surface area is 180 Å². The lowest BCUT2D eigenvalue weighted by Gasteiger charge is -2.28. The highest BCUT2D eigenvalue weighted by Gasteiger charge is 2.39. The monoisotopic (exact) mass is 438 g/mol. The number of benzene rings is 2. The predicted octanol–water partition coefficient (Wildman–Crippen LogP) is 3.82. The van der Waals surface area contributed by atoms with Crippen LogP contribution in [0.4, 0.5) is 5.69 Å². The van der Waals surface area contributed by atoms with Crippen LogP contribution in [0.2, 0.25) is 0 Å². The molecule has 0 radical (unpaired) electrons. The molecule has 2 heterocycles. The van der Waals surface area contributed by atoms with E-state index in [0.717, 1.165) is 11.3 Å².